The molecule has 0 unspecified atom stereocenters. The molecule has 0 saturated heterocycles. The smallest absolute Gasteiger partial charge is 0.321 e. The third-order valence-electron chi connectivity index (χ3n) is 3.04. The third-order valence-corrected chi connectivity index (χ3v) is 5.95. The van der Waals surface area contributed by atoms with Crippen molar-refractivity contribution in [3.05, 3.63) is 30.3 Å². The maximum Gasteiger partial charge on any atom is 0.321 e. The van der Waals surface area contributed by atoms with Crippen molar-refractivity contribution < 1.29 is 22.8 Å². The molecule has 0 fully saturated rings. The van der Waals surface area contributed by atoms with Crippen LogP contribution in [-0.4, -0.2) is 41.2 Å². The first kappa shape index (κ1) is 21.7. The Kier molecular flexibility index (Phi) is 7.25. The molecule has 0 aromatic heterocycles. The van der Waals surface area contributed by atoms with Gasteiger partial charge in [0.1, 0.15) is 11.3 Å². The summed E-state index contributed by atoms with van der Waals surface area (Å²) in [5, 5.41) is 2.06. The minimum Gasteiger partial charge on any atom is -0.329 e. The first-order valence-corrected chi connectivity index (χ1v) is 9.49. The zero-order valence-electron chi connectivity index (χ0n) is 13.1. The Hall–Kier alpha value is -1.35. The van der Waals surface area contributed by atoms with Crippen LogP contribution >= 0.6 is 34.8 Å². The number of carbonyl (C=O) groups excluding carboxylic acids is 3. The van der Waals surface area contributed by atoms with Crippen molar-refractivity contribution in [3.8, 4) is 0 Å². The van der Waals surface area contributed by atoms with Crippen molar-refractivity contribution in [3.63, 3.8) is 0 Å². The van der Waals surface area contributed by atoms with E-state index in [1.807, 2.05) is 5.32 Å². The average Bonchev–Trinajstić information content (AvgIpc) is 2.45. The zero-order valence-corrected chi connectivity index (χ0v) is 16.2. The molecule has 11 heteroatoms. The van der Waals surface area contributed by atoms with Crippen molar-refractivity contribution in [2.24, 2.45) is 0 Å². The number of halogens is 3. The van der Waals surface area contributed by atoms with Crippen molar-refractivity contribution in [1.82, 2.24) is 10.6 Å². The Morgan fingerprint density at radius 1 is 1.04 bits per heavy atom. The lowest BCUT2D eigenvalue weighted by Crippen LogP contribution is -2.58. The van der Waals surface area contributed by atoms with E-state index in [-0.39, 0.29) is 4.90 Å². The summed E-state index contributed by atoms with van der Waals surface area (Å²) >= 11 is 17.4. The molecule has 25 heavy (non-hydrogen) atoms. The molecule has 2 atom stereocenters. The summed E-state index contributed by atoms with van der Waals surface area (Å²) in [7, 11) is -4.29. The molecule has 0 saturated carbocycles. The molecule has 1 aromatic rings. The van der Waals surface area contributed by atoms with Gasteiger partial charge in [0, 0.05) is 6.92 Å². The number of rotatable bonds is 5. The number of hydrogen-bond acceptors (Lipinski definition) is 5. The van der Waals surface area contributed by atoms with E-state index in [1.165, 1.54) is 24.3 Å². The van der Waals surface area contributed by atoms with Crippen molar-refractivity contribution in [2.45, 2.75) is 33.8 Å². The highest BCUT2D eigenvalue weighted by Crippen LogP contribution is 2.35. The second kappa shape index (κ2) is 8.35. The van der Waals surface area contributed by atoms with Crippen LogP contribution in [0.1, 0.15) is 13.8 Å². The number of urea groups is 1. The van der Waals surface area contributed by atoms with Gasteiger partial charge in [-0.3, -0.25) is 14.9 Å². The van der Waals surface area contributed by atoms with E-state index in [9.17, 15) is 22.8 Å². The lowest BCUT2D eigenvalue weighted by molar-refractivity contribution is -0.118. The maximum absolute atomic E-state index is 12.8. The molecule has 2 N–H and O–H groups in total. The second-order valence-corrected chi connectivity index (χ2v) is 9.50. The van der Waals surface area contributed by atoms with Gasteiger partial charge in [0.25, 0.3) is 0 Å². The minimum absolute atomic E-state index is 0.178. The molecule has 3 amide bonds. The van der Waals surface area contributed by atoms with Crippen LogP contribution in [0.4, 0.5) is 4.79 Å². The number of ketones is 1. The molecular formula is C14H15Cl3N2O5S. The van der Waals surface area contributed by atoms with Crippen LogP contribution in [0.2, 0.25) is 0 Å². The molecule has 0 radical (unpaired) electrons. The molecule has 1 rings (SSSR count). The van der Waals surface area contributed by atoms with Crippen LogP contribution in [0.3, 0.4) is 0 Å². The van der Waals surface area contributed by atoms with Gasteiger partial charge in [-0.25, -0.2) is 13.2 Å². The summed E-state index contributed by atoms with van der Waals surface area (Å²) in [6.07, 6.45) is 0. The SMILES string of the molecule is CC(=O)NC(=O)N[C@@H]([C@H](C(C)=O)S(=O)(=O)c1ccccc1)C(Cl)(Cl)Cl. The molecule has 1 aromatic carbocycles. The summed E-state index contributed by atoms with van der Waals surface area (Å²) in [5.41, 5.74) is 0. The third kappa shape index (κ3) is 5.85. The van der Waals surface area contributed by atoms with Gasteiger partial charge in [-0.05, 0) is 19.1 Å². The van der Waals surface area contributed by atoms with Crippen LogP contribution < -0.4 is 10.6 Å². The standard InChI is InChI=1S/C14H15Cl3N2O5S/c1-8(20)11(25(23,24)10-6-4-3-5-7-10)12(14(15,16)17)19-13(22)18-9(2)21/h3-7,11-12H,1-2H3,(H2,18,19,21,22)/t11-,12-/m0/s1. The van der Waals surface area contributed by atoms with Crippen molar-refractivity contribution >= 4 is 62.4 Å². The Morgan fingerprint density at radius 2 is 1.56 bits per heavy atom. The van der Waals surface area contributed by atoms with E-state index in [0.29, 0.717) is 0 Å². The molecule has 0 aliphatic carbocycles. The normalized spacial score (nSPS) is 14.3. The van der Waals surface area contributed by atoms with Gasteiger partial charge < -0.3 is 5.32 Å². The van der Waals surface area contributed by atoms with Gasteiger partial charge in [-0.1, -0.05) is 53.0 Å². The predicted molar refractivity (Wildman–Crippen MR) is 94.5 cm³/mol. The van der Waals surface area contributed by atoms with Crippen LogP contribution in [-0.2, 0) is 19.4 Å². The van der Waals surface area contributed by atoms with Gasteiger partial charge in [0.05, 0.1) is 4.90 Å². The Labute approximate surface area is 159 Å². The first-order chi connectivity index (χ1) is 11.4. The number of imide groups is 1. The number of nitrogens with one attached hydrogen (secondary N) is 2. The van der Waals surface area contributed by atoms with Gasteiger partial charge in [-0.2, -0.15) is 0 Å². The Balaban J connectivity index is 3.37. The van der Waals surface area contributed by atoms with Gasteiger partial charge >= 0.3 is 6.03 Å². The van der Waals surface area contributed by atoms with E-state index in [4.69, 9.17) is 34.8 Å². The number of Topliss-reactive ketones (excluding diaryl/α,β-unsaturated/α-hetero) is 1. The fourth-order valence-corrected chi connectivity index (χ4v) is 4.72. The second-order valence-electron chi connectivity index (χ2n) is 5.06. The highest BCUT2D eigenvalue weighted by atomic mass is 35.6. The highest BCUT2D eigenvalue weighted by molar-refractivity contribution is 7.93. The highest BCUT2D eigenvalue weighted by Gasteiger charge is 2.48. The lowest BCUT2D eigenvalue weighted by atomic mass is 10.1. The van der Waals surface area contributed by atoms with Crippen molar-refractivity contribution in [2.75, 3.05) is 0 Å². The molecule has 0 heterocycles. The van der Waals surface area contributed by atoms with E-state index in [2.05, 4.69) is 5.32 Å². The Bertz CT molecular complexity index is 762. The zero-order chi connectivity index (χ0) is 19.4. The number of sulfone groups is 1. The van der Waals surface area contributed by atoms with Gasteiger partial charge in [0.15, 0.2) is 15.6 Å². The quantitative estimate of drug-likeness (QED) is 0.696. The summed E-state index contributed by atoms with van der Waals surface area (Å²) in [6, 6.07) is 4.23. The number of amides is 3. The first-order valence-electron chi connectivity index (χ1n) is 6.81. The molecule has 0 aliphatic heterocycles. The van der Waals surface area contributed by atoms with Crippen molar-refractivity contribution in [1.29, 1.82) is 0 Å². The lowest BCUT2D eigenvalue weighted by Gasteiger charge is -2.31. The van der Waals surface area contributed by atoms with Gasteiger partial charge in [-0.15, -0.1) is 0 Å². The average molecular weight is 430 g/mol. The number of hydrogen-bond donors (Lipinski definition) is 2. The predicted octanol–water partition coefficient (Wildman–Crippen LogP) is 2.00. The molecule has 0 aliphatic rings. The number of benzene rings is 1. The number of carbonyl (C=O) groups is 3. The fourth-order valence-electron chi connectivity index (χ4n) is 2.06. The van der Waals surface area contributed by atoms with E-state index in [1.54, 1.807) is 6.07 Å². The maximum atomic E-state index is 12.8. The topological polar surface area (TPSA) is 109 Å². The summed E-state index contributed by atoms with van der Waals surface area (Å²) in [5.74, 6) is -1.56. The number of alkyl halides is 3. The van der Waals surface area contributed by atoms with Crippen LogP contribution in [0.5, 0.6) is 0 Å². The van der Waals surface area contributed by atoms with Crippen LogP contribution in [0, 0.1) is 0 Å². The molecule has 7 nitrogen and oxygen atoms in total. The Morgan fingerprint density at radius 3 is 1.96 bits per heavy atom. The summed E-state index contributed by atoms with van der Waals surface area (Å²) in [6.45, 7) is 2.06. The molecular weight excluding hydrogens is 415 g/mol. The largest absolute Gasteiger partial charge is 0.329 e. The molecule has 0 spiro atoms. The van der Waals surface area contributed by atoms with Gasteiger partial charge in [0.2, 0.25) is 9.70 Å². The molecule has 138 valence electrons. The van der Waals surface area contributed by atoms with E-state index >= 15 is 0 Å². The molecule has 0 bridgehead atoms. The fraction of sp³-hybridized carbons (Fsp3) is 0.357. The summed E-state index contributed by atoms with van der Waals surface area (Å²) < 4.78 is 23.3. The summed E-state index contributed by atoms with van der Waals surface area (Å²) in [4.78, 5) is 34.6. The van der Waals surface area contributed by atoms with E-state index in [0.717, 1.165) is 13.8 Å². The van der Waals surface area contributed by atoms with Crippen LogP contribution in [0.25, 0.3) is 0 Å². The monoisotopic (exact) mass is 428 g/mol. The minimum atomic E-state index is -4.29. The van der Waals surface area contributed by atoms with Crippen LogP contribution in [0.15, 0.2) is 35.2 Å². The van der Waals surface area contributed by atoms with E-state index < -0.39 is 42.6 Å².